The monoisotopic (exact) mass is 287 g/mol. The molecule has 4 heteroatoms. The first kappa shape index (κ1) is 13.7. The lowest BCUT2D eigenvalue weighted by atomic mass is 9.93. The summed E-state index contributed by atoms with van der Waals surface area (Å²) in [6.07, 6.45) is 2.00. The smallest absolute Gasteiger partial charge is 0.232 e. The Morgan fingerprint density at radius 2 is 1.48 bits per heavy atom. The van der Waals surface area contributed by atoms with E-state index in [0.717, 1.165) is 18.4 Å². The molecule has 1 saturated carbocycles. The van der Waals surface area contributed by atoms with E-state index in [1.54, 1.807) is 12.1 Å². The zero-order chi connectivity index (χ0) is 14.8. The Kier molecular flexibility index (Phi) is 3.69. The summed E-state index contributed by atoms with van der Waals surface area (Å²) in [4.78, 5) is 12.5. The Morgan fingerprint density at radius 1 is 0.952 bits per heavy atom. The molecule has 1 unspecified atom stereocenters. The Balaban J connectivity index is 1.79. The van der Waals surface area contributed by atoms with Gasteiger partial charge < -0.3 is 5.32 Å². The van der Waals surface area contributed by atoms with Crippen LogP contribution in [0.5, 0.6) is 0 Å². The summed E-state index contributed by atoms with van der Waals surface area (Å²) >= 11 is 0. The van der Waals surface area contributed by atoms with Gasteiger partial charge in [0.05, 0.1) is 5.92 Å². The van der Waals surface area contributed by atoms with Gasteiger partial charge in [0.1, 0.15) is 11.6 Å². The lowest BCUT2D eigenvalue weighted by molar-refractivity contribution is -0.118. The van der Waals surface area contributed by atoms with Gasteiger partial charge in [-0.05, 0) is 60.7 Å². The number of benzene rings is 2. The number of amides is 1. The molecule has 2 nitrogen and oxygen atoms in total. The second-order valence-corrected chi connectivity index (χ2v) is 5.36. The number of hydrogen-bond acceptors (Lipinski definition) is 1. The van der Waals surface area contributed by atoms with Crippen molar-refractivity contribution in [3.63, 3.8) is 0 Å². The third-order valence-electron chi connectivity index (χ3n) is 3.72. The van der Waals surface area contributed by atoms with Gasteiger partial charge in [0, 0.05) is 5.69 Å². The van der Waals surface area contributed by atoms with E-state index in [2.05, 4.69) is 5.32 Å². The summed E-state index contributed by atoms with van der Waals surface area (Å²) in [5, 5.41) is 2.80. The molecule has 0 aromatic heterocycles. The van der Waals surface area contributed by atoms with Crippen LogP contribution in [-0.4, -0.2) is 5.91 Å². The molecule has 1 fully saturated rings. The summed E-state index contributed by atoms with van der Waals surface area (Å²) in [5.41, 5.74) is 1.38. The predicted octanol–water partition coefficient (Wildman–Crippen LogP) is 4.10. The second-order valence-electron chi connectivity index (χ2n) is 5.36. The highest BCUT2D eigenvalue weighted by Gasteiger charge is 2.37. The van der Waals surface area contributed by atoms with Crippen molar-refractivity contribution in [2.75, 3.05) is 5.32 Å². The van der Waals surface area contributed by atoms with Crippen molar-refractivity contribution in [2.24, 2.45) is 5.92 Å². The second kappa shape index (κ2) is 5.64. The van der Waals surface area contributed by atoms with Crippen molar-refractivity contribution in [3.05, 3.63) is 65.7 Å². The SMILES string of the molecule is O=C(Nc1ccc(F)cc1)C(c1ccc(F)cc1)C1CC1. The van der Waals surface area contributed by atoms with Crippen molar-refractivity contribution in [1.82, 2.24) is 0 Å². The van der Waals surface area contributed by atoms with Gasteiger partial charge >= 0.3 is 0 Å². The molecule has 0 bridgehead atoms. The van der Waals surface area contributed by atoms with Crippen LogP contribution in [0, 0.1) is 17.6 Å². The molecule has 108 valence electrons. The average Bonchev–Trinajstić information content (AvgIpc) is 3.29. The fourth-order valence-electron chi connectivity index (χ4n) is 2.49. The minimum atomic E-state index is -0.342. The van der Waals surface area contributed by atoms with E-state index in [9.17, 15) is 13.6 Å². The molecule has 0 aliphatic heterocycles. The number of carbonyl (C=O) groups excluding carboxylic acids is 1. The first-order valence-electron chi connectivity index (χ1n) is 6.95. The van der Waals surface area contributed by atoms with E-state index in [1.807, 2.05) is 0 Å². The van der Waals surface area contributed by atoms with Crippen molar-refractivity contribution in [1.29, 1.82) is 0 Å². The van der Waals surface area contributed by atoms with Crippen molar-refractivity contribution >= 4 is 11.6 Å². The quantitative estimate of drug-likeness (QED) is 0.901. The Bertz CT molecular complexity index is 633. The maximum Gasteiger partial charge on any atom is 0.232 e. The Hall–Kier alpha value is -2.23. The van der Waals surface area contributed by atoms with Crippen LogP contribution < -0.4 is 5.32 Å². The molecule has 0 saturated heterocycles. The maximum atomic E-state index is 13.0. The minimum absolute atomic E-state index is 0.129. The fraction of sp³-hybridized carbons (Fsp3) is 0.235. The molecule has 21 heavy (non-hydrogen) atoms. The third kappa shape index (κ3) is 3.27. The van der Waals surface area contributed by atoms with Crippen LogP contribution in [0.1, 0.15) is 24.3 Å². The molecule has 0 spiro atoms. The minimum Gasteiger partial charge on any atom is -0.326 e. The molecular formula is C17H15F2NO. The van der Waals surface area contributed by atoms with Gasteiger partial charge in [-0.25, -0.2) is 8.78 Å². The van der Waals surface area contributed by atoms with Gasteiger partial charge in [0.25, 0.3) is 0 Å². The topological polar surface area (TPSA) is 29.1 Å². The van der Waals surface area contributed by atoms with Crippen LogP contribution in [-0.2, 0) is 4.79 Å². The molecule has 2 aromatic carbocycles. The number of carbonyl (C=O) groups is 1. The fourth-order valence-corrected chi connectivity index (χ4v) is 2.49. The van der Waals surface area contributed by atoms with Gasteiger partial charge in [-0.3, -0.25) is 4.79 Å². The zero-order valence-corrected chi connectivity index (χ0v) is 11.4. The summed E-state index contributed by atoms with van der Waals surface area (Å²) in [6, 6.07) is 11.7. The van der Waals surface area contributed by atoms with Crippen molar-refractivity contribution < 1.29 is 13.6 Å². The zero-order valence-electron chi connectivity index (χ0n) is 11.4. The van der Waals surface area contributed by atoms with E-state index < -0.39 is 0 Å². The molecule has 1 N–H and O–H groups in total. The normalized spacial score (nSPS) is 15.5. The molecule has 2 aromatic rings. The lowest BCUT2D eigenvalue weighted by Gasteiger charge is -2.16. The van der Waals surface area contributed by atoms with E-state index in [4.69, 9.17) is 0 Å². The summed E-state index contributed by atoms with van der Waals surface area (Å²) in [6.45, 7) is 0. The van der Waals surface area contributed by atoms with Crippen molar-refractivity contribution in [3.8, 4) is 0 Å². The first-order valence-corrected chi connectivity index (χ1v) is 6.95. The van der Waals surface area contributed by atoms with Crippen LogP contribution in [0.3, 0.4) is 0 Å². The molecule has 0 radical (unpaired) electrons. The largest absolute Gasteiger partial charge is 0.326 e. The summed E-state index contributed by atoms with van der Waals surface area (Å²) < 4.78 is 25.9. The molecule has 1 aliphatic carbocycles. The lowest BCUT2D eigenvalue weighted by Crippen LogP contribution is -2.22. The number of anilines is 1. The average molecular weight is 287 g/mol. The molecule has 0 heterocycles. The van der Waals surface area contributed by atoms with Gasteiger partial charge in [0.15, 0.2) is 0 Å². The van der Waals surface area contributed by atoms with E-state index in [-0.39, 0.29) is 23.5 Å². The third-order valence-corrected chi connectivity index (χ3v) is 3.72. The number of rotatable bonds is 4. The molecular weight excluding hydrogens is 272 g/mol. The van der Waals surface area contributed by atoms with Crippen LogP contribution in [0.15, 0.2) is 48.5 Å². The Morgan fingerprint density at radius 3 is 2.00 bits per heavy atom. The maximum absolute atomic E-state index is 13.0. The first-order chi connectivity index (χ1) is 10.1. The molecule has 1 aliphatic rings. The van der Waals surface area contributed by atoms with Crippen LogP contribution in [0.2, 0.25) is 0 Å². The van der Waals surface area contributed by atoms with Gasteiger partial charge in [-0.1, -0.05) is 12.1 Å². The highest BCUT2D eigenvalue weighted by atomic mass is 19.1. The van der Waals surface area contributed by atoms with E-state index in [0.29, 0.717) is 11.6 Å². The molecule has 1 atom stereocenters. The van der Waals surface area contributed by atoms with Crippen LogP contribution in [0.25, 0.3) is 0 Å². The van der Waals surface area contributed by atoms with Crippen LogP contribution in [0.4, 0.5) is 14.5 Å². The highest BCUT2D eigenvalue weighted by Crippen LogP contribution is 2.43. The Labute approximate surface area is 121 Å². The van der Waals surface area contributed by atoms with Crippen molar-refractivity contribution in [2.45, 2.75) is 18.8 Å². The number of hydrogen-bond donors (Lipinski definition) is 1. The van der Waals surface area contributed by atoms with Crippen LogP contribution >= 0.6 is 0 Å². The van der Waals surface area contributed by atoms with E-state index in [1.165, 1.54) is 36.4 Å². The van der Waals surface area contributed by atoms with Gasteiger partial charge in [-0.2, -0.15) is 0 Å². The van der Waals surface area contributed by atoms with Gasteiger partial charge in [0.2, 0.25) is 5.91 Å². The number of halogens is 2. The summed E-state index contributed by atoms with van der Waals surface area (Å²) in [7, 11) is 0. The molecule has 1 amide bonds. The number of nitrogens with one attached hydrogen (secondary N) is 1. The summed E-state index contributed by atoms with van der Waals surface area (Å²) in [5.74, 6) is -0.764. The van der Waals surface area contributed by atoms with E-state index >= 15 is 0 Å². The predicted molar refractivity (Wildman–Crippen MR) is 76.9 cm³/mol. The molecule has 3 rings (SSSR count). The standard InChI is InChI=1S/C17H15F2NO/c18-13-5-3-12(4-6-13)16(11-1-2-11)17(21)20-15-9-7-14(19)8-10-15/h3-11,16H,1-2H2,(H,20,21). The van der Waals surface area contributed by atoms with Gasteiger partial charge in [-0.15, -0.1) is 0 Å². The highest BCUT2D eigenvalue weighted by molar-refractivity contribution is 5.96.